The second-order valence-electron chi connectivity index (χ2n) is 4.26. The summed E-state index contributed by atoms with van der Waals surface area (Å²) in [5.74, 6) is 0. The molecule has 0 aliphatic heterocycles. The van der Waals surface area contributed by atoms with Crippen LogP contribution in [0.3, 0.4) is 0 Å². The lowest BCUT2D eigenvalue weighted by Gasteiger charge is -2.08. The molecule has 0 amide bonds. The summed E-state index contributed by atoms with van der Waals surface area (Å²) in [5.41, 5.74) is -0.412. The Morgan fingerprint density at radius 2 is 2.11 bits per heavy atom. The average molecular weight is 269 g/mol. The number of imidazole rings is 1. The van der Waals surface area contributed by atoms with E-state index in [1.807, 2.05) is 0 Å². The lowest BCUT2D eigenvalue weighted by Crippen LogP contribution is -2.39. The van der Waals surface area contributed by atoms with Crippen molar-refractivity contribution in [3.05, 3.63) is 27.2 Å². The van der Waals surface area contributed by atoms with Crippen molar-refractivity contribution in [3.63, 3.8) is 0 Å². The molecule has 1 N–H and O–H groups in total. The number of aryl methyl sites for hydroxylation is 2. The van der Waals surface area contributed by atoms with E-state index >= 15 is 0 Å². The molecule has 0 unspecified atom stereocenters. The minimum atomic E-state index is -2.08. The van der Waals surface area contributed by atoms with E-state index in [2.05, 4.69) is 4.98 Å². The van der Waals surface area contributed by atoms with Crippen LogP contribution in [-0.4, -0.2) is 30.4 Å². The maximum absolute atomic E-state index is 12.4. The second kappa shape index (κ2) is 5.40. The molecule has 7 nitrogen and oxygen atoms in total. The quantitative estimate of drug-likeness (QED) is 0.800. The Morgan fingerprint density at radius 1 is 1.37 bits per heavy atom. The average Bonchev–Trinajstić information content (AvgIpc) is 2.82. The van der Waals surface area contributed by atoms with Gasteiger partial charge in [-0.05, 0) is 19.2 Å². The Bertz CT molecular complexity index is 806. The van der Waals surface area contributed by atoms with Crippen LogP contribution < -0.4 is 11.2 Å². The van der Waals surface area contributed by atoms with Gasteiger partial charge in [0.05, 0.1) is 7.70 Å². The van der Waals surface area contributed by atoms with E-state index in [4.69, 9.17) is 9.22 Å². The summed E-state index contributed by atoms with van der Waals surface area (Å²) in [6.07, 6.45) is -0.603. The first-order valence-electron chi connectivity index (χ1n) is 7.45. The molecule has 0 aliphatic carbocycles. The smallest absolute Gasteiger partial charge is 0.332 e. The molecular weight excluding hydrogens is 248 g/mol. The summed E-state index contributed by atoms with van der Waals surface area (Å²) in [6, 6.07) is 0. The van der Waals surface area contributed by atoms with Crippen molar-refractivity contribution < 1.29 is 9.22 Å². The molecule has 104 valence electrons. The maximum atomic E-state index is 12.4. The fraction of sp³-hybridized carbons (Fsp3) is 0.583. The number of aromatic nitrogens is 4. The first-order chi connectivity index (χ1) is 10.2. The molecule has 0 aliphatic rings. The van der Waals surface area contributed by atoms with Gasteiger partial charge in [-0.1, -0.05) is 0 Å². The molecule has 2 aromatic rings. The number of nitrogens with zero attached hydrogens (tertiary/aromatic N) is 4. The van der Waals surface area contributed by atoms with Crippen molar-refractivity contribution in [3.8, 4) is 0 Å². The van der Waals surface area contributed by atoms with Crippen LogP contribution in [0.5, 0.6) is 0 Å². The Morgan fingerprint density at radius 3 is 2.79 bits per heavy atom. The highest BCUT2D eigenvalue weighted by Crippen LogP contribution is 2.03. The highest BCUT2D eigenvalue weighted by Gasteiger charge is 2.14. The van der Waals surface area contributed by atoms with Crippen LogP contribution in [0, 0.1) is 0 Å². The molecule has 0 saturated heterocycles. The molecule has 0 radical (unpaired) electrons. The van der Waals surface area contributed by atoms with Gasteiger partial charge in [-0.3, -0.25) is 13.9 Å². The molecule has 0 bridgehead atoms. The fourth-order valence-electron chi connectivity index (χ4n) is 2.00. The lowest BCUT2D eigenvalue weighted by molar-refractivity contribution is 0.281. The summed E-state index contributed by atoms with van der Waals surface area (Å²) in [6.45, 7) is -1.84. The van der Waals surface area contributed by atoms with E-state index in [0.29, 0.717) is 11.2 Å². The van der Waals surface area contributed by atoms with E-state index in [9.17, 15) is 9.59 Å². The minimum absolute atomic E-state index is 0.0128. The van der Waals surface area contributed by atoms with Gasteiger partial charge >= 0.3 is 5.69 Å². The van der Waals surface area contributed by atoms with E-state index < -0.39 is 24.2 Å². The Hall–Kier alpha value is -1.89. The van der Waals surface area contributed by atoms with Crippen LogP contribution in [0.25, 0.3) is 11.2 Å². The van der Waals surface area contributed by atoms with E-state index in [1.54, 1.807) is 7.05 Å². The minimum Gasteiger partial charge on any atom is -0.396 e. The molecular formula is C12H18N4O3. The fourth-order valence-corrected chi connectivity index (χ4v) is 2.00. The van der Waals surface area contributed by atoms with Crippen molar-refractivity contribution in [2.75, 3.05) is 6.58 Å². The van der Waals surface area contributed by atoms with Crippen molar-refractivity contribution in [2.45, 2.75) is 25.8 Å². The van der Waals surface area contributed by atoms with Crippen LogP contribution in [-0.2, 0) is 20.6 Å². The zero-order valence-electron chi connectivity index (χ0n) is 13.8. The van der Waals surface area contributed by atoms with Crippen molar-refractivity contribution in [1.29, 1.82) is 0 Å². The van der Waals surface area contributed by atoms with Crippen LogP contribution in [0.2, 0.25) is 0 Å². The molecule has 2 heterocycles. The normalized spacial score (nSPS) is 16.1. The molecule has 0 fully saturated rings. The summed E-state index contributed by atoms with van der Waals surface area (Å²) in [7, 11) is 3.17. The molecule has 0 spiro atoms. The van der Waals surface area contributed by atoms with Gasteiger partial charge in [-0.2, -0.15) is 0 Å². The zero-order chi connectivity index (χ0) is 16.7. The number of hydrogen-bond donors (Lipinski definition) is 1. The number of rotatable bonds is 5. The van der Waals surface area contributed by atoms with E-state index in [0.717, 1.165) is 4.57 Å². The zero-order valence-corrected chi connectivity index (χ0v) is 10.8. The van der Waals surface area contributed by atoms with Crippen LogP contribution in [0.15, 0.2) is 15.9 Å². The van der Waals surface area contributed by atoms with Gasteiger partial charge in [-0.25, -0.2) is 9.78 Å². The molecule has 1 atom stereocenters. The van der Waals surface area contributed by atoms with Gasteiger partial charge in [-0.15, -0.1) is 0 Å². The van der Waals surface area contributed by atoms with Crippen molar-refractivity contribution in [1.82, 2.24) is 18.7 Å². The van der Waals surface area contributed by atoms with Gasteiger partial charge in [0.1, 0.15) is 0 Å². The second-order valence-corrected chi connectivity index (χ2v) is 4.26. The molecule has 2 aromatic heterocycles. The molecule has 2 rings (SSSR count). The first-order valence-corrected chi connectivity index (χ1v) is 5.88. The molecule has 0 saturated carbocycles. The first kappa shape index (κ1) is 9.96. The Balaban J connectivity index is 2.35. The highest BCUT2D eigenvalue weighted by molar-refractivity contribution is 5.69. The van der Waals surface area contributed by atoms with Crippen molar-refractivity contribution in [2.24, 2.45) is 14.1 Å². The Labute approximate surface area is 113 Å². The molecule has 0 aromatic carbocycles. The van der Waals surface area contributed by atoms with Crippen LogP contribution >= 0.6 is 0 Å². The largest absolute Gasteiger partial charge is 0.396 e. The standard InChI is InChI=1S/C12H18N4O3/c1-14-8-13-10-9(14)11(18)16(12(19)15(10)2)6-4-3-5-7-17/h8,17H,3-7H2,1-2H3/i5D2,7D/t7-/m1/s1. The van der Waals surface area contributed by atoms with Crippen LogP contribution in [0.1, 0.15) is 23.3 Å². The number of fused-ring (bicyclic) bond motifs is 1. The number of aliphatic hydroxyl groups excluding tert-OH is 1. The highest BCUT2D eigenvalue weighted by atomic mass is 16.3. The van der Waals surface area contributed by atoms with Gasteiger partial charge in [0.25, 0.3) is 5.56 Å². The molecule has 19 heavy (non-hydrogen) atoms. The third-order valence-corrected chi connectivity index (χ3v) is 3.00. The predicted octanol–water partition coefficient (Wildman–Crippen LogP) is -0.404. The number of hydrogen-bond acceptors (Lipinski definition) is 4. The monoisotopic (exact) mass is 269 g/mol. The van der Waals surface area contributed by atoms with Gasteiger partial charge in [0.15, 0.2) is 11.2 Å². The Kier molecular flexibility index (Phi) is 2.83. The van der Waals surface area contributed by atoms with E-state index in [1.165, 1.54) is 22.5 Å². The molecule has 7 heteroatoms. The van der Waals surface area contributed by atoms with E-state index in [-0.39, 0.29) is 19.4 Å². The summed E-state index contributed by atoms with van der Waals surface area (Å²) < 4.78 is 25.8. The number of aliphatic hydroxyl groups is 1. The summed E-state index contributed by atoms with van der Waals surface area (Å²) in [5, 5.41) is 9.03. The summed E-state index contributed by atoms with van der Waals surface area (Å²) in [4.78, 5) is 28.6. The maximum Gasteiger partial charge on any atom is 0.332 e. The summed E-state index contributed by atoms with van der Waals surface area (Å²) >= 11 is 0. The van der Waals surface area contributed by atoms with Crippen molar-refractivity contribution >= 4 is 11.2 Å². The van der Waals surface area contributed by atoms with Crippen LogP contribution in [0.4, 0.5) is 0 Å². The SMILES string of the molecule is [2H][C@@H](O)C([2H])([2H])CCCn1c(=O)c2c(ncn2C)n(C)c1=O. The topological polar surface area (TPSA) is 82.1 Å². The lowest BCUT2D eigenvalue weighted by atomic mass is 10.2. The van der Waals surface area contributed by atoms with Gasteiger partial charge < -0.3 is 9.67 Å². The third kappa shape index (κ3) is 2.33. The van der Waals surface area contributed by atoms with Gasteiger partial charge in [0.2, 0.25) is 0 Å². The third-order valence-electron chi connectivity index (χ3n) is 3.00. The van der Waals surface area contributed by atoms with Gasteiger partial charge in [0, 0.05) is 30.0 Å². The predicted molar refractivity (Wildman–Crippen MR) is 71.2 cm³/mol.